The van der Waals surface area contributed by atoms with Gasteiger partial charge in [0.2, 0.25) is 5.88 Å². The maximum Gasteiger partial charge on any atom is 0.229 e. The van der Waals surface area contributed by atoms with E-state index in [2.05, 4.69) is 0 Å². The number of rotatable bonds is 3. The van der Waals surface area contributed by atoms with E-state index in [0.29, 0.717) is 11.1 Å². The molecule has 0 aliphatic carbocycles. The Hall–Kier alpha value is -1.82. The number of hydrogen-bond donors (Lipinski definition) is 3. The molecule has 0 saturated heterocycles. The van der Waals surface area contributed by atoms with E-state index in [9.17, 15) is 5.11 Å². The van der Waals surface area contributed by atoms with Gasteiger partial charge in [0.15, 0.2) is 11.5 Å². The zero-order valence-corrected chi connectivity index (χ0v) is 7.30. The van der Waals surface area contributed by atoms with Crippen molar-refractivity contribution < 1.29 is 19.5 Å². The number of nitrogens with zero attached hydrogens (tertiary/aromatic N) is 1. The summed E-state index contributed by atoms with van der Waals surface area (Å²) in [7, 11) is 0. The molecule has 2 rings (SSSR count). The van der Waals surface area contributed by atoms with Gasteiger partial charge < -0.3 is 25.2 Å². The molecule has 0 aromatic carbocycles. The summed E-state index contributed by atoms with van der Waals surface area (Å²) in [4.78, 5) is 5.05. The Balaban J connectivity index is 2.43. The van der Waals surface area contributed by atoms with Gasteiger partial charge in [-0.05, 0) is 0 Å². The number of furan rings is 1. The third-order valence-corrected chi connectivity index (χ3v) is 1.76. The molecule has 0 fully saturated rings. The van der Waals surface area contributed by atoms with E-state index in [1.165, 1.54) is 12.1 Å². The van der Waals surface area contributed by atoms with E-state index in [0.717, 1.165) is 4.73 Å². The van der Waals surface area contributed by atoms with Crippen LogP contribution in [0, 0.1) is 0 Å². The van der Waals surface area contributed by atoms with Gasteiger partial charge in [-0.25, -0.2) is 0 Å². The molecule has 4 N–H and O–H groups in total. The molecule has 0 radical (unpaired) electrons. The zero-order valence-electron chi connectivity index (χ0n) is 7.30. The van der Waals surface area contributed by atoms with Crippen LogP contribution >= 0.6 is 0 Å². The van der Waals surface area contributed by atoms with Gasteiger partial charge in [0.25, 0.3) is 0 Å². The van der Waals surface area contributed by atoms with Crippen LogP contribution in [0.4, 0.5) is 5.88 Å². The first-order valence-electron chi connectivity index (χ1n) is 4.06. The van der Waals surface area contributed by atoms with Crippen molar-refractivity contribution in [3.05, 3.63) is 12.1 Å². The Labute approximate surface area is 79.1 Å². The van der Waals surface area contributed by atoms with Crippen LogP contribution in [0.5, 0.6) is 5.88 Å². The van der Waals surface area contributed by atoms with Crippen molar-refractivity contribution in [1.82, 2.24) is 4.73 Å². The van der Waals surface area contributed by atoms with Crippen molar-refractivity contribution >= 4 is 17.0 Å². The number of anilines is 1. The van der Waals surface area contributed by atoms with Gasteiger partial charge in [0.1, 0.15) is 12.1 Å². The van der Waals surface area contributed by atoms with Gasteiger partial charge in [-0.3, -0.25) is 0 Å². The summed E-state index contributed by atoms with van der Waals surface area (Å²) >= 11 is 0. The van der Waals surface area contributed by atoms with Crippen molar-refractivity contribution in [3.63, 3.8) is 0 Å². The molecule has 76 valence electrons. The van der Waals surface area contributed by atoms with Crippen molar-refractivity contribution in [2.24, 2.45) is 0 Å². The topological polar surface area (TPSA) is 93.8 Å². The molecule has 0 bridgehead atoms. The molecule has 14 heavy (non-hydrogen) atoms. The van der Waals surface area contributed by atoms with Gasteiger partial charge in [0, 0.05) is 12.1 Å². The molecule has 0 atom stereocenters. The molecule has 2 heterocycles. The molecule has 0 spiro atoms. The zero-order chi connectivity index (χ0) is 10.1. The van der Waals surface area contributed by atoms with Crippen LogP contribution in [0.1, 0.15) is 0 Å². The highest BCUT2D eigenvalue weighted by Crippen LogP contribution is 2.27. The molecule has 0 unspecified atom stereocenters. The summed E-state index contributed by atoms with van der Waals surface area (Å²) in [6.07, 6.45) is 0. The third kappa shape index (κ3) is 1.25. The van der Waals surface area contributed by atoms with Gasteiger partial charge in [0.05, 0.1) is 6.61 Å². The van der Waals surface area contributed by atoms with E-state index in [4.69, 9.17) is 20.1 Å². The smallest absolute Gasteiger partial charge is 0.229 e. The molecule has 0 saturated carbocycles. The fraction of sp³-hybridized carbons (Fsp3) is 0.250. The summed E-state index contributed by atoms with van der Waals surface area (Å²) < 4.78 is 6.22. The lowest BCUT2D eigenvalue weighted by molar-refractivity contribution is 0.0703. The largest absolute Gasteiger partial charge is 0.492 e. The third-order valence-electron chi connectivity index (χ3n) is 1.76. The molecule has 2 aromatic rings. The average Bonchev–Trinajstić information content (AvgIpc) is 2.58. The van der Waals surface area contributed by atoms with Gasteiger partial charge in [-0.1, -0.05) is 0 Å². The molecule has 0 aliphatic rings. The van der Waals surface area contributed by atoms with Crippen LogP contribution in [0.15, 0.2) is 16.5 Å². The first-order valence-corrected chi connectivity index (χ1v) is 4.06. The Morgan fingerprint density at radius 3 is 3.00 bits per heavy atom. The van der Waals surface area contributed by atoms with E-state index in [1.807, 2.05) is 0 Å². The Bertz CT molecular complexity index is 445. The van der Waals surface area contributed by atoms with Crippen LogP contribution in [0.2, 0.25) is 0 Å². The fourth-order valence-electron chi connectivity index (χ4n) is 1.24. The summed E-state index contributed by atoms with van der Waals surface area (Å²) in [5.74, 6) is 0.156. The number of aromatic nitrogens is 1. The molecule has 0 amide bonds. The number of hydrogen-bond acceptors (Lipinski definition) is 5. The van der Waals surface area contributed by atoms with Crippen molar-refractivity contribution in [2.75, 3.05) is 18.9 Å². The van der Waals surface area contributed by atoms with Crippen molar-refractivity contribution in [2.45, 2.75) is 0 Å². The molecule has 2 aromatic heterocycles. The number of aliphatic hydroxyl groups is 1. The highest BCUT2D eigenvalue weighted by Gasteiger charge is 2.12. The highest BCUT2D eigenvalue weighted by atomic mass is 16.7. The van der Waals surface area contributed by atoms with Crippen molar-refractivity contribution in [1.29, 1.82) is 0 Å². The molecular weight excluding hydrogens is 188 g/mol. The summed E-state index contributed by atoms with van der Waals surface area (Å²) in [6.45, 7) is -0.0468. The minimum atomic E-state index is -0.132. The van der Waals surface area contributed by atoms with Crippen LogP contribution in [0.25, 0.3) is 11.1 Å². The first-order chi connectivity index (χ1) is 6.72. The monoisotopic (exact) mass is 198 g/mol. The van der Waals surface area contributed by atoms with E-state index in [-0.39, 0.29) is 25.0 Å². The van der Waals surface area contributed by atoms with Crippen LogP contribution in [-0.2, 0) is 0 Å². The van der Waals surface area contributed by atoms with Gasteiger partial charge in [-0.15, -0.1) is 4.73 Å². The van der Waals surface area contributed by atoms with Gasteiger partial charge >= 0.3 is 0 Å². The second-order valence-corrected chi connectivity index (χ2v) is 2.75. The van der Waals surface area contributed by atoms with Gasteiger partial charge in [-0.2, -0.15) is 0 Å². The number of nitrogen functional groups attached to an aromatic ring is 1. The van der Waals surface area contributed by atoms with Crippen LogP contribution in [0.3, 0.4) is 0 Å². The second-order valence-electron chi connectivity index (χ2n) is 2.75. The number of aromatic hydroxyl groups is 1. The highest BCUT2D eigenvalue weighted by molar-refractivity contribution is 5.79. The summed E-state index contributed by atoms with van der Waals surface area (Å²) in [6, 6.07) is 2.93. The Morgan fingerprint density at radius 1 is 1.50 bits per heavy atom. The maximum absolute atomic E-state index is 9.40. The quantitative estimate of drug-likeness (QED) is 0.642. The Kier molecular flexibility index (Phi) is 1.97. The molecular formula is C8H10N2O4. The maximum atomic E-state index is 9.40. The number of nitrogens with two attached hydrogens (primary N) is 1. The minimum absolute atomic E-state index is 0.0857. The van der Waals surface area contributed by atoms with Crippen LogP contribution in [-0.4, -0.2) is 28.2 Å². The predicted octanol–water partition coefficient (Wildman–Crippen LogP) is -0.0570. The molecule has 0 aliphatic heterocycles. The second kappa shape index (κ2) is 3.15. The summed E-state index contributed by atoms with van der Waals surface area (Å²) in [5, 5.41) is 18.0. The lowest BCUT2D eigenvalue weighted by Crippen LogP contribution is -2.14. The van der Waals surface area contributed by atoms with E-state index < -0.39 is 0 Å². The average molecular weight is 198 g/mol. The SMILES string of the molecule is Nc1cc2c(cc(O)n2OCCO)o1. The first kappa shape index (κ1) is 8.76. The number of fused-ring (bicyclic) bond motifs is 1. The lowest BCUT2D eigenvalue weighted by Gasteiger charge is -2.05. The predicted molar refractivity (Wildman–Crippen MR) is 48.8 cm³/mol. The molecule has 6 heteroatoms. The molecule has 6 nitrogen and oxygen atoms in total. The van der Waals surface area contributed by atoms with Crippen LogP contribution < -0.4 is 10.6 Å². The number of aliphatic hydroxyl groups excluding tert-OH is 1. The van der Waals surface area contributed by atoms with Crippen molar-refractivity contribution in [3.8, 4) is 5.88 Å². The standard InChI is InChI=1S/C8H10N2O4/c9-7-3-5-6(14-7)4-8(12)10(5)13-2-1-11/h3-4,11-12H,1-2,9H2. The lowest BCUT2D eigenvalue weighted by atomic mass is 10.5. The summed E-state index contributed by atoms with van der Waals surface area (Å²) in [5.41, 5.74) is 6.39. The van der Waals surface area contributed by atoms with E-state index in [1.54, 1.807) is 0 Å². The normalized spacial score (nSPS) is 10.9. The Morgan fingerprint density at radius 2 is 2.29 bits per heavy atom. The van der Waals surface area contributed by atoms with E-state index >= 15 is 0 Å². The fourth-order valence-corrected chi connectivity index (χ4v) is 1.24. The minimum Gasteiger partial charge on any atom is -0.492 e.